The van der Waals surface area contributed by atoms with Crippen molar-refractivity contribution in [2.24, 2.45) is 0 Å². The Morgan fingerprint density at radius 3 is 2.43 bits per heavy atom. The summed E-state index contributed by atoms with van der Waals surface area (Å²) >= 11 is 0. The first-order chi connectivity index (χ1) is 13.4. The standard InChI is InChI=1S/C21H26FN3O3/c1-14-17(19(27)25-20(28)24-14)9-10-18(26)23-13-21(11-3-2-4-12-21)15-5-7-16(22)8-6-15/h5-8H,2-4,9-13H2,1H3,(H,23,26)(H2,24,25,27,28). The van der Waals surface area contributed by atoms with Gasteiger partial charge in [-0.2, -0.15) is 0 Å². The number of benzene rings is 1. The van der Waals surface area contributed by atoms with E-state index in [2.05, 4.69) is 15.3 Å². The Morgan fingerprint density at radius 2 is 1.79 bits per heavy atom. The van der Waals surface area contributed by atoms with Crippen molar-refractivity contribution in [2.75, 3.05) is 6.54 Å². The Morgan fingerprint density at radius 1 is 1.11 bits per heavy atom. The molecule has 150 valence electrons. The highest BCUT2D eigenvalue weighted by molar-refractivity contribution is 5.76. The van der Waals surface area contributed by atoms with Gasteiger partial charge in [-0.15, -0.1) is 0 Å². The first kappa shape index (κ1) is 20.0. The molecule has 0 bridgehead atoms. The fourth-order valence-corrected chi connectivity index (χ4v) is 4.12. The summed E-state index contributed by atoms with van der Waals surface area (Å²) in [4.78, 5) is 40.3. The predicted octanol–water partition coefficient (Wildman–Crippen LogP) is 2.46. The fraction of sp³-hybridized carbons (Fsp3) is 0.476. The van der Waals surface area contributed by atoms with E-state index in [1.54, 1.807) is 6.92 Å². The number of halogens is 1. The van der Waals surface area contributed by atoms with Gasteiger partial charge in [-0.25, -0.2) is 9.18 Å². The summed E-state index contributed by atoms with van der Waals surface area (Å²) in [5.74, 6) is -0.405. The minimum atomic E-state index is -0.547. The van der Waals surface area contributed by atoms with E-state index in [9.17, 15) is 18.8 Å². The lowest BCUT2D eigenvalue weighted by molar-refractivity contribution is -0.121. The van der Waals surface area contributed by atoms with Gasteiger partial charge >= 0.3 is 5.69 Å². The molecule has 0 saturated heterocycles. The molecule has 0 aliphatic heterocycles. The first-order valence-electron chi connectivity index (χ1n) is 9.74. The van der Waals surface area contributed by atoms with Gasteiger partial charge in [-0.05, 0) is 43.9 Å². The van der Waals surface area contributed by atoms with Gasteiger partial charge in [0.05, 0.1) is 0 Å². The SMILES string of the molecule is Cc1[nH]c(=O)[nH]c(=O)c1CCC(=O)NCC1(c2ccc(F)cc2)CCCCC1. The van der Waals surface area contributed by atoms with E-state index in [0.717, 1.165) is 31.2 Å². The zero-order chi connectivity index (χ0) is 20.1. The van der Waals surface area contributed by atoms with E-state index in [1.807, 2.05) is 12.1 Å². The number of carbonyl (C=O) groups excluding carboxylic acids is 1. The van der Waals surface area contributed by atoms with Crippen molar-refractivity contribution in [3.8, 4) is 0 Å². The third-order valence-corrected chi connectivity index (χ3v) is 5.75. The normalized spacial score (nSPS) is 15.9. The van der Waals surface area contributed by atoms with Gasteiger partial charge in [0.1, 0.15) is 5.82 Å². The molecule has 2 aromatic rings. The lowest BCUT2D eigenvalue weighted by atomic mass is 9.69. The van der Waals surface area contributed by atoms with Gasteiger partial charge in [0.15, 0.2) is 0 Å². The first-order valence-corrected chi connectivity index (χ1v) is 9.74. The molecule has 1 aromatic heterocycles. The lowest BCUT2D eigenvalue weighted by Crippen LogP contribution is -2.42. The third kappa shape index (κ3) is 4.58. The molecule has 28 heavy (non-hydrogen) atoms. The molecule has 1 amide bonds. The monoisotopic (exact) mass is 387 g/mol. The molecule has 0 unspecified atom stereocenters. The average molecular weight is 387 g/mol. The van der Waals surface area contributed by atoms with Gasteiger partial charge in [0.25, 0.3) is 5.56 Å². The number of aromatic amines is 2. The van der Waals surface area contributed by atoms with Crippen LogP contribution in [0.1, 0.15) is 55.3 Å². The van der Waals surface area contributed by atoms with E-state index in [0.29, 0.717) is 17.8 Å². The average Bonchev–Trinajstić information content (AvgIpc) is 2.67. The molecular formula is C21H26FN3O3. The molecule has 1 saturated carbocycles. The van der Waals surface area contributed by atoms with Gasteiger partial charge in [-0.1, -0.05) is 31.4 Å². The van der Waals surface area contributed by atoms with Crippen molar-refractivity contribution in [1.82, 2.24) is 15.3 Å². The summed E-state index contributed by atoms with van der Waals surface area (Å²) < 4.78 is 13.3. The molecule has 1 fully saturated rings. The van der Waals surface area contributed by atoms with Crippen LogP contribution in [0.15, 0.2) is 33.9 Å². The highest BCUT2D eigenvalue weighted by atomic mass is 19.1. The minimum absolute atomic E-state index is 0.142. The largest absolute Gasteiger partial charge is 0.355 e. The Hall–Kier alpha value is -2.70. The molecule has 1 aromatic carbocycles. The van der Waals surface area contributed by atoms with Crippen LogP contribution in [0.5, 0.6) is 0 Å². The van der Waals surface area contributed by atoms with Gasteiger partial charge in [-0.3, -0.25) is 14.6 Å². The second-order valence-corrected chi connectivity index (χ2v) is 7.64. The summed E-state index contributed by atoms with van der Waals surface area (Å²) in [6.07, 6.45) is 5.67. The number of hydrogen-bond acceptors (Lipinski definition) is 3. The van der Waals surface area contributed by atoms with Gasteiger partial charge in [0, 0.05) is 29.6 Å². The Labute approximate surface area is 162 Å². The topological polar surface area (TPSA) is 94.8 Å². The number of hydrogen-bond donors (Lipinski definition) is 3. The van der Waals surface area contributed by atoms with Crippen LogP contribution in [0.2, 0.25) is 0 Å². The van der Waals surface area contributed by atoms with Crippen LogP contribution in [-0.4, -0.2) is 22.4 Å². The van der Waals surface area contributed by atoms with Crippen molar-refractivity contribution in [1.29, 1.82) is 0 Å². The molecule has 0 radical (unpaired) electrons. The second kappa shape index (κ2) is 8.54. The third-order valence-electron chi connectivity index (χ3n) is 5.75. The number of nitrogens with one attached hydrogen (secondary N) is 3. The summed E-state index contributed by atoms with van der Waals surface area (Å²) in [6, 6.07) is 6.57. The van der Waals surface area contributed by atoms with Gasteiger partial charge in [0.2, 0.25) is 5.91 Å². The second-order valence-electron chi connectivity index (χ2n) is 7.64. The maximum absolute atomic E-state index is 13.3. The maximum Gasteiger partial charge on any atom is 0.325 e. The number of amides is 1. The molecule has 1 aliphatic rings. The predicted molar refractivity (Wildman–Crippen MR) is 105 cm³/mol. The van der Waals surface area contributed by atoms with E-state index >= 15 is 0 Å². The number of rotatable bonds is 6. The number of H-pyrrole nitrogens is 2. The zero-order valence-corrected chi connectivity index (χ0v) is 16.1. The Balaban J connectivity index is 1.65. The van der Waals surface area contributed by atoms with Gasteiger partial charge < -0.3 is 10.3 Å². The molecular weight excluding hydrogens is 361 g/mol. The molecule has 3 rings (SSSR count). The smallest absolute Gasteiger partial charge is 0.325 e. The van der Waals surface area contributed by atoms with Crippen LogP contribution in [0, 0.1) is 12.7 Å². The fourth-order valence-electron chi connectivity index (χ4n) is 4.12. The molecule has 1 aliphatic carbocycles. The molecule has 3 N–H and O–H groups in total. The molecule has 6 nitrogen and oxygen atoms in total. The quantitative estimate of drug-likeness (QED) is 0.711. The van der Waals surface area contributed by atoms with Crippen LogP contribution < -0.4 is 16.6 Å². The highest BCUT2D eigenvalue weighted by Gasteiger charge is 2.34. The number of aromatic nitrogens is 2. The van der Waals surface area contributed by atoms with Crippen molar-refractivity contribution in [2.45, 2.75) is 57.3 Å². The summed E-state index contributed by atoms with van der Waals surface area (Å²) in [7, 11) is 0. The lowest BCUT2D eigenvalue weighted by Gasteiger charge is -2.38. The summed E-state index contributed by atoms with van der Waals surface area (Å²) in [5.41, 5.74) is 0.782. The van der Waals surface area contributed by atoms with Crippen LogP contribution in [0.25, 0.3) is 0 Å². The molecule has 0 atom stereocenters. The summed E-state index contributed by atoms with van der Waals surface area (Å²) in [5, 5.41) is 3.01. The van der Waals surface area contributed by atoms with Crippen molar-refractivity contribution in [3.05, 3.63) is 67.7 Å². The zero-order valence-electron chi connectivity index (χ0n) is 16.1. The molecule has 0 spiro atoms. The van der Waals surface area contributed by atoms with Crippen LogP contribution in [0.3, 0.4) is 0 Å². The minimum Gasteiger partial charge on any atom is -0.355 e. The van der Waals surface area contributed by atoms with E-state index < -0.39 is 11.2 Å². The Bertz CT molecular complexity index is 941. The number of aryl methyl sites for hydroxylation is 1. The van der Waals surface area contributed by atoms with Crippen molar-refractivity contribution in [3.63, 3.8) is 0 Å². The Kier molecular flexibility index (Phi) is 6.11. The van der Waals surface area contributed by atoms with E-state index in [4.69, 9.17) is 0 Å². The van der Waals surface area contributed by atoms with Crippen LogP contribution >= 0.6 is 0 Å². The summed E-state index contributed by atoms with van der Waals surface area (Å²) in [6.45, 7) is 2.15. The van der Waals surface area contributed by atoms with E-state index in [1.165, 1.54) is 18.6 Å². The van der Waals surface area contributed by atoms with E-state index in [-0.39, 0.29) is 30.0 Å². The highest BCUT2D eigenvalue weighted by Crippen LogP contribution is 2.39. The van der Waals surface area contributed by atoms with Crippen molar-refractivity contribution < 1.29 is 9.18 Å². The maximum atomic E-state index is 13.3. The van der Waals surface area contributed by atoms with Crippen LogP contribution in [-0.2, 0) is 16.6 Å². The van der Waals surface area contributed by atoms with Crippen LogP contribution in [0.4, 0.5) is 4.39 Å². The molecule has 7 heteroatoms. The number of carbonyl (C=O) groups is 1. The molecule has 1 heterocycles. The van der Waals surface area contributed by atoms with Crippen molar-refractivity contribution >= 4 is 5.91 Å².